The van der Waals surface area contributed by atoms with E-state index < -0.39 is 24.4 Å². The van der Waals surface area contributed by atoms with Crippen LogP contribution in [0.15, 0.2) is 59.1 Å². The van der Waals surface area contributed by atoms with E-state index in [0.29, 0.717) is 11.1 Å². The lowest BCUT2D eigenvalue weighted by atomic mass is 10.1. The third-order valence-corrected chi connectivity index (χ3v) is 4.77. The van der Waals surface area contributed by atoms with Crippen molar-refractivity contribution in [3.63, 3.8) is 0 Å². The number of rotatable bonds is 6. The number of hydrogen-bond acceptors (Lipinski definition) is 5. The van der Waals surface area contributed by atoms with Gasteiger partial charge in [0.2, 0.25) is 5.91 Å². The number of carbonyl (C=O) groups excluding carboxylic acids is 4. The summed E-state index contributed by atoms with van der Waals surface area (Å²) in [6.45, 7) is -0.399. The van der Waals surface area contributed by atoms with Gasteiger partial charge in [0.15, 0.2) is 12.4 Å². The Kier molecular flexibility index (Phi) is 6.20. The number of benzene rings is 2. The van der Waals surface area contributed by atoms with Crippen LogP contribution in [-0.2, 0) is 14.3 Å². The highest BCUT2D eigenvalue weighted by Gasteiger charge is 2.36. The van der Waals surface area contributed by atoms with Crippen molar-refractivity contribution in [2.45, 2.75) is 6.42 Å². The first-order valence-electron chi connectivity index (χ1n) is 8.56. The van der Waals surface area contributed by atoms with E-state index >= 15 is 0 Å². The van der Waals surface area contributed by atoms with Crippen LogP contribution in [-0.4, -0.2) is 41.7 Å². The third-order valence-electron chi connectivity index (χ3n) is 4.24. The molecule has 2 aromatic rings. The SMILES string of the molecule is O=C(COC(=O)C1CC(=O)N(NC(=O)c2ccccc2)C1)c1ccc(Br)cc1. The molecule has 0 aromatic heterocycles. The summed E-state index contributed by atoms with van der Waals surface area (Å²) in [4.78, 5) is 48.5. The van der Waals surface area contributed by atoms with Crippen LogP contribution >= 0.6 is 15.9 Å². The van der Waals surface area contributed by atoms with Crippen molar-refractivity contribution in [1.82, 2.24) is 10.4 Å². The molecular formula is C20H17BrN2O5. The Bertz CT molecular complexity index is 899. The lowest BCUT2D eigenvalue weighted by molar-refractivity contribution is -0.147. The summed E-state index contributed by atoms with van der Waals surface area (Å²) in [6.07, 6.45) is -0.0830. The molecule has 0 spiro atoms. The lowest BCUT2D eigenvalue weighted by Crippen LogP contribution is -2.43. The van der Waals surface area contributed by atoms with Crippen molar-refractivity contribution in [1.29, 1.82) is 0 Å². The predicted molar refractivity (Wildman–Crippen MR) is 103 cm³/mol. The number of ether oxygens (including phenoxy) is 1. The molecule has 144 valence electrons. The number of hydrazine groups is 1. The van der Waals surface area contributed by atoms with Gasteiger partial charge in [-0.25, -0.2) is 0 Å². The molecule has 3 rings (SSSR count). The van der Waals surface area contributed by atoms with Crippen LogP contribution in [0.1, 0.15) is 27.1 Å². The van der Waals surface area contributed by atoms with Crippen LogP contribution in [0.3, 0.4) is 0 Å². The zero-order chi connectivity index (χ0) is 20.1. The molecule has 0 radical (unpaired) electrons. The van der Waals surface area contributed by atoms with Gasteiger partial charge in [-0.2, -0.15) is 0 Å². The highest BCUT2D eigenvalue weighted by atomic mass is 79.9. The van der Waals surface area contributed by atoms with Gasteiger partial charge in [-0.15, -0.1) is 0 Å². The molecule has 1 atom stereocenters. The molecule has 0 saturated carbocycles. The summed E-state index contributed by atoms with van der Waals surface area (Å²) in [5.41, 5.74) is 3.32. The van der Waals surface area contributed by atoms with Crippen molar-refractivity contribution >= 4 is 39.5 Å². The number of nitrogens with one attached hydrogen (secondary N) is 1. The normalized spacial score (nSPS) is 16.0. The highest BCUT2D eigenvalue weighted by Crippen LogP contribution is 2.18. The molecule has 1 unspecified atom stereocenters. The number of nitrogens with zero attached hydrogens (tertiary/aromatic N) is 1. The summed E-state index contributed by atoms with van der Waals surface area (Å²) < 4.78 is 5.90. The maximum atomic E-state index is 12.2. The van der Waals surface area contributed by atoms with Crippen molar-refractivity contribution in [2.75, 3.05) is 13.2 Å². The van der Waals surface area contributed by atoms with Crippen LogP contribution in [0.4, 0.5) is 0 Å². The Labute approximate surface area is 169 Å². The highest BCUT2D eigenvalue weighted by molar-refractivity contribution is 9.10. The first-order chi connectivity index (χ1) is 13.4. The van der Waals surface area contributed by atoms with Gasteiger partial charge in [-0.3, -0.25) is 29.6 Å². The average molecular weight is 445 g/mol. The van der Waals surface area contributed by atoms with Gasteiger partial charge in [-0.05, 0) is 24.3 Å². The summed E-state index contributed by atoms with van der Waals surface area (Å²) in [5.74, 6) is -2.53. The van der Waals surface area contributed by atoms with Gasteiger partial charge in [0.05, 0.1) is 12.5 Å². The summed E-state index contributed by atoms with van der Waals surface area (Å²) in [5, 5.41) is 1.11. The second-order valence-electron chi connectivity index (χ2n) is 6.25. The van der Waals surface area contributed by atoms with E-state index in [1.807, 2.05) is 0 Å². The van der Waals surface area contributed by atoms with Gasteiger partial charge in [0, 0.05) is 22.0 Å². The number of Topliss-reactive ketones (excluding diaryl/α,β-unsaturated/α-hetero) is 1. The minimum absolute atomic E-state index is 0.00269. The molecule has 2 aromatic carbocycles. The largest absolute Gasteiger partial charge is 0.457 e. The number of amides is 2. The molecule has 1 aliphatic heterocycles. The van der Waals surface area contributed by atoms with Gasteiger partial charge in [0.25, 0.3) is 5.91 Å². The predicted octanol–water partition coefficient (Wildman–Crippen LogP) is 2.37. The van der Waals surface area contributed by atoms with Gasteiger partial charge in [-0.1, -0.05) is 46.3 Å². The van der Waals surface area contributed by atoms with Crippen molar-refractivity contribution in [3.05, 3.63) is 70.2 Å². The smallest absolute Gasteiger partial charge is 0.311 e. The second kappa shape index (κ2) is 8.79. The molecule has 1 N–H and O–H groups in total. The molecule has 0 bridgehead atoms. The van der Waals surface area contributed by atoms with Gasteiger partial charge in [0.1, 0.15) is 0 Å². The topological polar surface area (TPSA) is 92.8 Å². The van der Waals surface area contributed by atoms with E-state index in [1.54, 1.807) is 54.6 Å². The van der Waals surface area contributed by atoms with Gasteiger partial charge >= 0.3 is 5.97 Å². The van der Waals surface area contributed by atoms with Crippen LogP contribution < -0.4 is 5.43 Å². The Hall–Kier alpha value is -3.00. The number of esters is 1. The van der Waals surface area contributed by atoms with Gasteiger partial charge < -0.3 is 4.74 Å². The molecule has 2 amide bonds. The van der Waals surface area contributed by atoms with Crippen LogP contribution in [0.5, 0.6) is 0 Å². The maximum absolute atomic E-state index is 12.2. The lowest BCUT2D eigenvalue weighted by Gasteiger charge is -2.17. The minimum Gasteiger partial charge on any atom is -0.457 e. The van der Waals surface area contributed by atoms with Crippen molar-refractivity contribution in [3.8, 4) is 0 Å². The van der Waals surface area contributed by atoms with E-state index in [1.165, 1.54) is 0 Å². The Morgan fingerprint density at radius 3 is 2.39 bits per heavy atom. The van der Waals surface area contributed by atoms with Crippen LogP contribution in [0.25, 0.3) is 0 Å². The zero-order valence-electron chi connectivity index (χ0n) is 14.8. The fourth-order valence-electron chi connectivity index (χ4n) is 2.72. The first kappa shape index (κ1) is 19.8. The Balaban J connectivity index is 1.51. The monoisotopic (exact) mass is 444 g/mol. The summed E-state index contributed by atoms with van der Waals surface area (Å²) in [6, 6.07) is 15.1. The average Bonchev–Trinajstić information content (AvgIpc) is 3.07. The number of carbonyl (C=O) groups is 4. The molecular weight excluding hydrogens is 428 g/mol. The fourth-order valence-corrected chi connectivity index (χ4v) is 2.99. The second-order valence-corrected chi connectivity index (χ2v) is 7.17. The van der Waals surface area contributed by atoms with E-state index in [9.17, 15) is 19.2 Å². The molecule has 28 heavy (non-hydrogen) atoms. The Morgan fingerprint density at radius 2 is 1.71 bits per heavy atom. The number of ketones is 1. The molecule has 0 aliphatic carbocycles. The zero-order valence-corrected chi connectivity index (χ0v) is 16.3. The standard InChI is InChI=1S/C20H17BrN2O5/c21-16-8-6-13(7-9-16)17(24)12-28-20(27)15-10-18(25)23(11-15)22-19(26)14-4-2-1-3-5-14/h1-9,15H,10-12H2,(H,22,26). The summed E-state index contributed by atoms with van der Waals surface area (Å²) >= 11 is 3.28. The molecule has 7 nitrogen and oxygen atoms in total. The van der Waals surface area contributed by atoms with Crippen LogP contribution in [0, 0.1) is 5.92 Å². The quantitative estimate of drug-likeness (QED) is 0.545. The van der Waals surface area contributed by atoms with E-state index in [-0.39, 0.29) is 24.7 Å². The minimum atomic E-state index is -0.735. The van der Waals surface area contributed by atoms with E-state index in [2.05, 4.69) is 21.4 Å². The Morgan fingerprint density at radius 1 is 1.04 bits per heavy atom. The molecule has 1 fully saturated rings. The van der Waals surface area contributed by atoms with Crippen LogP contribution in [0.2, 0.25) is 0 Å². The summed E-state index contributed by atoms with van der Waals surface area (Å²) in [7, 11) is 0. The van der Waals surface area contributed by atoms with Crippen molar-refractivity contribution in [2.24, 2.45) is 5.92 Å². The number of halogens is 1. The number of hydrogen-bond donors (Lipinski definition) is 1. The van der Waals surface area contributed by atoms with Crippen molar-refractivity contribution < 1.29 is 23.9 Å². The van der Waals surface area contributed by atoms with E-state index in [4.69, 9.17) is 4.74 Å². The molecule has 8 heteroatoms. The first-order valence-corrected chi connectivity index (χ1v) is 9.35. The molecule has 1 saturated heterocycles. The molecule has 1 aliphatic rings. The fraction of sp³-hybridized carbons (Fsp3) is 0.200. The maximum Gasteiger partial charge on any atom is 0.311 e. The molecule has 1 heterocycles. The third kappa shape index (κ3) is 4.83. The van der Waals surface area contributed by atoms with E-state index in [0.717, 1.165) is 9.48 Å².